The highest BCUT2D eigenvalue weighted by Gasteiger charge is 2.15. The van der Waals surface area contributed by atoms with E-state index in [9.17, 15) is 9.90 Å². The van der Waals surface area contributed by atoms with Gasteiger partial charge in [-0.2, -0.15) is 0 Å². The fourth-order valence-corrected chi connectivity index (χ4v) is 2.53. The zero-order chi connectivity index (χ0) is 15.7. The summed E-state index contributed by atoms with van der Waals surface area (Å²) in [7, 11) is 0. The van der Waals surface area contributed by atoms with Gasteiger partial charge in [-0.3, -0.25) is 4.98 Å². The van der Waals surface area contributed by atoms with Crippen LogP contribution >= 0.6 is 0 Å². The van der Waals surface area contributed by atoms with E-state index < -0.39 is 5.97 Å². The summed E-state index contributed by atoms with van der Waals surface area (Å²) in [5.41, 5.74) is 4.42. The lowest BCUT2D eigenvalue weighted by Gasteiger charge is -2.07. The molecule has 1 N–H and O–H groups in total. The van der Waals surface area contributed by atoms with E-state index in [1.54, 1.807) is 24.7 Å². The molecule has 1 aromatic carbocycles. The molecule has 0 unspecified atom stereocenters. The Balaban J connectivity index is 2.27. The van der Waals surface area contributed by atoms with Crippen LogP contribution < -0.4 is 0 Å². The minimum atomic E-state index is -0.945. The lowest BCUT2D eigenvalue weighted by atomic mass is 10.0. The number of aromatic nitrogens is 3. The molecule has 0 aliphatic carbocycles. The van der Waals surface area contributed by atoms with Crippen molar-refractivity contribution in [2.75, 3.05) is 0 Å². The Bertz CT molecular complexity index is 835. The van der Waals surface area contributed by atoms with Crippen LogP contribution in [0.15, 0.2) is 36.8 Å². The van der Waals surface area contributed by atoms with Gasteiger partial charge in [0, 0.05) is 18.3 Å². The van der Waals surface area contributed by atoms with Crippen LogP contribution in [0, 0.1) is 6.92 Å². The standard InChI is InChI=1S/C17H17N3O2/c1-3-6-20-10-19-16-13(14-5-4-11(2)9-18-14)7-12(17(21)22)8-15(16)20/h4-5,7-10H,3,6H2,1-2H3,(H,21,22). The molecule has 0 bridgehead atoms. The molecule has 3 rings (SSSR count). The van der Waals surface area contributed by atoms with Gasteiger partial charge in [0.1, 0.15) is 0 Å². The molecule has 112 valence electrons. The predicted octanol–water partition coefficient (Wildman–Crippen LogP) is 3.51. The smallest absolute Gasteiger partial charge is 0.335 e. The van der Waals surface area contributed by atoms with Gasteiger partial charge in [0.05, 0.1) is 28.6 Å². The number of rotatable bonds is 4. The second-order valence-electron chi connectivity index (χ2n) is 5.36. The van der Waals surface area contributed by atoms with Crippen LogP contribution in [0.3, 0.4) is 0 Å². The Labute approximate surface area is 128 Å². The molecule has 0 aliphatic heterocycles. The number of pyridine rings is 1. The molecule has 0 saturated carbocycles. The molecule has 3 aromatic rings. The van der Waals surface area contributed by atoms with Gasteiger partial charge >= 0.3 is 5.97 Å². The summed E-state index contributed by atoms with van der Waals surface area (Å²) in [6, 6.07) is 7.18. The van der Waals surface area contributed by atoms with Crippen LogP contribution in [0.1, 0.15) is 29.3 Å². The largest absolute Gasteiger partial charge is 0.478 e. The maximum Gasteiger partial charge on any atom is 0.335 e. The summed E-state index contributed by atoms with van der Waals surface area (Å²) in [5, 5.41) is 9.37. The number of imidazole rings is 1. The predicted molar refractivity (Wildman–Crippen MR) is 85.0 cm³/mol. The van der Waals surface area contributed by atoms with Gasteiger partial charge in [-0.1, -0.05) is 13.0 Å². The highest BCUT2D eigenvalue weighted by atomic mass is 16.4. The second kappa shape index (κ2) is 5.60. The minimum Gasteiger partial charge on any atom is -0.478 e. The number of aromatic carboxylic acids is 1. The van der Waals surface area contributed by atoms with E-state index in [1.165, 1.54) is 0 Å². The van der Waals surface area contributed by atoms with E-state index in [1.807, 2.05) is 23.6 Å². The Hall–Kier alpha value is -2.69. The van der Waals surface area contributed by atoms with Crippen molar-refractivity contribution >= 4 is 17.0 Å². The summed E-state index contributed by atoms with van der Waals surface area (Å²) in [4.78, 5) is 20.3. The van der Waals surface area contributed by atoms with Crippen LogP contribution in [0.5, 0.6) is 0 Å². The normalized spacial score (nSPS) is 11.0. The Kier molecular flexibility index (Phi) is 3.63. The Morgan fingerprint density at radius 2 is 2.09 bits per heavy atom. The lowest BCUT2D eigenvalue weighted by molar-refractivity contribution is 0.0697. The van der Waals surface area contributed by atoms with E-state index in [0.717, 1.165) is 40.8 Å². The number of fused-ring (bicyclic) bond motifs is 1. The van der Waals surface area contributed by atoms with Crippen molar-refractivity contribution in [3.63, 3.8) is 0 Å². The molecule has 5 nitrogen and oxygen atoms in total. The lowest BCUT2D eigenvalue weighted by Crippen LogP contribution is -2.00. The quantitative estimate of drug-likeness (QED) is 0.799. The van der Waals surface area contributed by atoms with Gasteiger partial charge in [-0.15, -0.1) is 0 Å². The molecule has 5 heteroatoms. The van der Waals surface area contributed by atoms with Gasteiger partial charge in [0.2, 0.25) is 0 Å². The van der Waals surface area contributed by atoms with E-state index in [2.05, 4.69) is 16.9 Å². The van der Waals surface area contributed by atoms with Crippen LogP contribution in [-0.2, 0) is 6.54 Å². The minimum absolute atomic E-state index is 0.253. The molecule has 2 heterocycles. The third-order valence-electron chi connectivity index (χ3n) is 3.62. The highest BCUT2D eigenvalue weighted by Crippen LogP contribution is 2.28. The SMILES string of the molecule is CCCn1cnc2c(-c3ccc(C)cn3)cc(C(=O)O)cc21. The van der Waals surface area contributed by atoms with Crippen LogP contribution in [0.4, 0.5) is 0 Å². The maximum absolute atomic E-state index is 11.4. The number of carbonyl (C=O) groups is 1. The number of hydrogen-bond acceptors (Lipinski definition) is 3. The molecule has 22 heavy (non-hydrogen) atoms. The molecule has 0 saturated heterocycles. The third-order valence-corrected chi connectivity index (χ3v) is 3.62. The first-order valence-corrected chi connectivity index (χ1v) is 7.25. The van der Waals surface area contributed by atoms with Crippen molar-refractivity contribution in [3.05, 3.63) is 47.9 Å². The zero-order valence-electron chi connectivity index (χ0n) is 12.6. The van der Waals surface area contributed by atoms with Crippen LogP contribution in [0.25, 0.3) is 22.3 Å². The van der Waals surface area contributed by atoms with Crippen molar-refractivity contribution in [3.8, 4) is 11.3 Å². The maximum atomic E-state index is 11.4. The van der Waals surface area contributed by atoms with Crippen LogP contribution in [-0.4, -0.2) is 25.6 Å². The number of nitrogens with zero attached hydrogens (tertiary/aromatic N) is 3. The van der Waals surface area contributed by atoms with E-state index >= 15 is 0 Å². The van der Waals surface area contributed by atoms with E-state index in [-0.39, 0.29) is 5.56 Å². The van der Waals surface area contributed by atoms with Gasteiger partial charge in [-0.05, 0) is 37.1 Å². The average molecular weight is 295 g/mol. The second-order valence-corrected chi connectivity index (χ2v) is 5.36. The summed E-state index contributed by atoms with van der Waals surface area (Å²) in [5.74, 6) is -0.945. The first-order valence-electron chi connectivity index (χ1n) is 7.25. The number of aryl methyl sites for hydroxylation is 2. The molecular weight excluding hydrogens is 278 g/mol. The molecule has 0 atom stereocenters. The van der Waals surface area contributed by atoms with Crippen molar-refractivity contribution in [2.45, 2.75) is 26.8 Å². The van der Waals surface area contributed by atoms with Crippen molar-refractivity contribution in [1.82, 2.24) is 14.5 Å². The van der Waals surface area contributed by atoms with Crippen molar-refractivity contribution in [1.29, 1.82) is 0 Å². The first kappa shape index (κ1) is 14.3. The third kappa shape index (κ3) is 2.45. The summed E-state index contributed by atoms with van der Waals surface area (Å²) in [6.07, 6.45) is 4.50. The van der Waals surface area contributed by atoms with E-state index in [0.29, 0.717) is 0 Å². The fourth-order valence-electron chi connectivity index (χ4n) is 2.53. The number of carboxylic acids is 1. The zero-order valence-corrected chi connectivity index (χ0v) is 12.6. The van der Waals surface area contributed by atoms with Gasteiger partial charge in [0.15, 0.2) is 0 Å². The number of carboxylic acid groups (broad SMARTS) is 1. The fraction of sp³-hybridized carbons (Fsp3) is 0.235. The summed E-state index contributed by atoms with van der Waals surface area (Å²) in [6.45, 7) is 4.85. The van der Waals surface area contributed by atoms with Crippen molar-refractivity contribution in [2.24, 2.45) is 0 Å². The summed E-state index contributed by atoms with van der Waals surface area (Å²) >= 11 is 0. The Morgan fingerprint density at radius 1 is 1.27 bits per heavy atom. The van der Waals surface area contributed by atoms with Crippen molar-refractivity contribution < 1.29 is 9.90 Å². The molecule has 0 aliphatic rings. The summed E-state index contributed by atoms with van der Waals surface area (Å²) < 4.78 is 1.99. The van der Waals surface area contributed by atoms with Gasteiger partial charge < -0.3 is 9.67 Å². The highest BCUT2D eigenvalue weighted by molar-refractivity contribution is 5.99. The van der Waals surface area contributed by atoms with Gasteiger partial charge in [0.25, 0.3) is 0 Å². The van der Waals surface area contributed by atoms with Crippen LogP contribution in [0.2, 0.25) is 0 Å². The molecule has 2 aromatic heterocycles. The molecule has 0 spiro atoms. The number of benzene rings is 1. The molecule has 0 fully saturated rings. The number of hydrogen-bond donors (Lipinski definition) is 1. The monoisotopic (exact) mass is 295 g/mol. The average Bonchev–Trinajstić information content (AvgIpc) is 2.91. The topological polar surface area (TPSA) is 68.0 Å². The molecule has 0 amide bonds. The molecular formula is C17H17N3O2. The van der Waals surface area contributed by atoms with Gasteiger partial charge in [-0.25, -0.2) is 9.78 Å². The molecule has 0 radical (unpaired) electrons. The Morgan fingerprint density at radius 3 is 2.73 bits per heavy atom. The van der Waals surface area contributed by atoms with E-state index in [4.69, 9.17) is 0 Å². The first-order chi connectivity index (χ1) is 10.6.